The van der Waals surface area contributed by atoms with E-state index in [1.165, 1.54) is 0 Å². The third kappa shape index (κ3) is 5.74. The van der Waals surface area contributed by atoms with Crippen molar-refractivity contribution in [1.82, 2.24) is 25.1 Å². The van der Waals surface area contributed by atoms with Crippen LogP contribution in [-0.2, 0) is 4.79 Å². The van der Waals surface area contributed by atoms with E-state index < -0.39 is 0 Å². The van der Waals surface area contributed by atoms with Crippen LogP contribution in [0.1, 0.15) is 36.5 Å². The average molecular weight is 513 g/mol. The SMILES string of the molecule is CC(=O)N1CCN(CCCNc2ncc(Cl)c(-c3cc4c(C(=O)NC5CC5)cccc4s3)n2)CC1. The van der Waals surface area contributed by atoms with Crippen molar-refractivity contribution >= 4 is 50.8 Å². The molecule has 184 valence electrons. The van der Waals surface area contributed by atoms with Gasteiger partial charge in [-0.25, -0.2) is 9.97 Å². The number of amides is 2. The zero-order chi connectivity index (χ0) is 24.4. The van der Waals surface area contributed by atoms with E-state index in [0.29, 0.717) is 28.3 Å². The molecule has 1 aromatic carbocycles. The van der Waals surface area contributed by atoms with Crippen molar-refractivity contribution in [2.24, 2.45) is 0 Å². The molecular weight excluding hydrogens is 484 g/mol. The van der Waals surface area contributed by atoms with Crippen molar-refractivity contribution in [1.29, 1.82) is 0 Å². The highest BCUT2D eigenvalue weighted by molar-refractivity contribution is 7.22. The molecule has 2 aromatic heterocycles. The molecule has 1 saturated carbocycles. The van der Waals surface area contributed by atoms with Gasteiger partial charge in [0.2, 0.25) is 11.9 Å². The van der Waals surface area contributed by atoms with Gasteiger partial charge in [-0.3, -0.25) is 14.5 Å². The summed E-state index contributed by atoms with van der Waals surface area (Å²) in [7, 11) is 0. The van der Waals surface area contributed by atoms with Crippen molar-refractivity contribution < 1.29 is 9.59 Å². The fraction of sp³-hybridized carbons (Fsp3) is 0.440. The van der Waals surface area contributed by atoms with Crippen LogP contribution in [0.15, 0.2) is 30.5 Å². The predicted molar refractivity (Wildman–Crippen MR) is 140 cm³/mol. The molecule has 0 radical (unpaired) electrons. The highest BCUT2D eigenvalue weighted by atomic mass is 35.5. The molecule has 0 unspecified atom stereocenters. The van der Waals surface area contributed by atoms with E-state index in [1.54, 1.807) is 24.5 Å². The number of fused-ring (bicyclic) bond motifs is 1. The van der Waals surface area contributed by atoms with Gasteiger partial charge in [-0.15, -0.1) is 11.3 Å². The molecule has 3 aromatic rings. The molecule has 1 aliphatic heterocycles. The second kappa shape index (κ2) is 10.5. The Labute approximate surface area is 213 Å². The quantitative estimate of drug-likeness (QED) is 0.445. The first-order valence-electron chi connectivity index (χ1n) is 12.1. The number of benzene rings is 1. The highest BCUT2D eigenvalue weighted by Gasteiger charge is 2.25. The monoisotopic (exact) mass is 512 g/mol. The molecule has 2 aliphatic rings. The van der Waals surface area contributed by atoms with E-state index >= 15 is 0 Å². The van der Waals surface area contributed by atoms with Gasteiger partial charge < -0.3 is 15.5 Å². The Morgan fingerprint density at radius 3 is 2.74 bits per heavy atom. The second-order valence-electron chi connectivity index (χ2n) is 9.09. The first-order chi connectivity index (χ1) is 17.0. The van der Waals surface area contributed by atoms with Crippen molar-refractivity contribution in [3.8, 4) is 10.6 Å². The largest absolute Gasteiger partial charge is 0.354 e. The first kappa shape index (κ1) is 24.0. The summed E-state index contributed by atoms with van der Waals surface area (Å²) in [5.41, 5.74) is 1.35. The smallest absolute Gasteiger partial charge is 0.252 e. The molecule has 8 nitrogen and oxygen atoms in total. The van der Waals surface area contributed by atoms with E-state index in [9.17, 15) is 9.59 Å². The summed E-state index contributed by atoms with van der Waals surface area (Å²) in [6, 6.07) is 8.11. The maximum absolute atomic E-state index is 12.7. The number of aromatic nitrogens is 2. The van der Waals surface area contributed by atoms with Crippen LogP contribution in [-0.4, -0.2) is 76.9 Å². The summed E-state index contributed by atoms with van der Waals surface area (Å²) in [5, 5.41) is 7.78. The van der Waals surface area contributed by atoms with Gasteiger partial charge in [0.25, 0.3) is 5.91 Å². The summed E-state index contributed by atoms with van der Waals surface area (Å²) < 4.78 is 1.03. The lowest BCUT2D eigenvalue weighted by molar-refractivity contribution is -0.130. The number of rotatable bonds is 8. The number of piperazine rings is 1. The molecule has 2 N–H and O–H groups in total. The van der Waals surface area contributed by atoms with Crippen LogP contribution in [0.3, 0.4) is 0 Å². The van der Waals surface area contributed by atoms with Crippen LogP contribution < -0.4 is 10.6 Å². The summed E-state index contributed by atoms with van der Waals surface area (Å²) in [6.07, 6.45) is 4.68. The number of halogens is 1. The molecule has 2 amide bonds. The van der Waals surface area contributed by atoms with Gasteiger partial charge >= 0.3 is 0 Å². The topological polar surface area (TPSA) is 90.5 Å². The fourth-order valence-corrected chi connectivity index (χ4v) is 5.62. The van der Waals surface area contributed by atoms with E-state index in [4.69, 9.17) is 11.6 Å². The van der Waals surface area contributed by atoms with Crippen LogP contribution >= 0.6 is 22.9 Å². The number of hydrogen-bond donors (Lipinski definition) is 2. The van der Waals surface area contributed by atoms with Gasteiger partial charge in [0.1, 0.15) is 5.69 Å². The predicted octanol–water partition coefficient (Wildman–Crippen LogP) is 3.87. The summed E-state index contributed by atoms with van der Waals surface area (Å²) in [4.78, 5) is 38.4. The molecule has 1 saturated heterocycles. The van der Waals surface area contributed by atoms with Crippen LogP contribution in [0.2, 0.25) is 5.02 Å². The normalized spacial score (nSPS) is 16.5. The summed E-state index contributed by atoms with van der Waals surface area (Å²) in [6.45, 7) is 6.75. The van der Waals surface area contributed by atoms with E-state index in [2.05, 4.69) is 25.5 Å². The number of carbonyl (C=O) groups excluding carboxylic acids is 2. The molecule has 0 bridgehead atoms. The van der Waals surface area contributed by atoms with Gasteiger partial charge in [-0.1, -0.05) is 17.7 Å². The lowest BCUT2D eigenvalue weighted by atomic mass is 10.1. The average Bonchev–Trinajstić information content (AvgIpc) is 3.56. The zero-order valence-corrected chi connectivity index (χ0v) is 21.3. The van der Waals surface area contributed by atoms with Gasteiger partial charge in [0, 0.05) is 61.3 Å². The maximum atomic E-state index is 12.7. The Morgan fingerprint density at radius 2 is 2.00 bits per heavy atom. The van der Waals surface area contributed by atoms with Gasteiger partial charge in [0.15, 0.2) is 0 Å². The standard InChI is InChI=1S/C25H29ClN6O2S/c1-16(33)32-12-10-31(11-13-32)9-3-8-27-25-28-15-20(26)23(30-25)22-14-19-18(4-2-5-21(19)35-22)24(34)29-17-6-7-17/h2,4-5,14-15,17H,3,6-13H2,1H3,(H,29,34)(H,27,28,30). The molecule has 3 heterocycles. The molecule has 2 fully saturated rings. The van der Waals surface area contributed by atoms with Crippen molar-refractivity contribution in [2.75, 3.05) is 44.6 Å². The lowest BCUT2D eigenvalue weighted by Crippen LogP contribution is -2.48. The lowest BCUT2D eigenvalue weighted by Gasteiger charge is -2.34. The molecular formula is C25H29ClN6O2S. The third-order valence-corrected chi connectivity index (χ3v) is 7.83. The Bertz CT molecular complexity index is 1240. The van der Waals surface area contributed by atoms with Crippen LogP contribution in [0.25, 0.3) is 20.7 Å². The fourth-order valence-electron chi connectivity index (χ4n) is 4.28. The van der Waals surface area contributed by atoms with Crippen molar-refractivity contribution in [3.63, 3.8) is 0 Å². The summed E-state index contributed by atoms with van der Waals surface area (Å²) >= 11 is 8.05. The second-order valence-corrected chi connectivity index (χ2v) is 10.6. The van der Waals surface area contributed by atoms with Gasteiger partial charge in [-0.2, -0.15) is 0 Å². The third-order valence-electron chi connectivity index (χ3n) is 6.45. The molecule has 1 aliphatic carbocycles. The minimum absolute atomic E-state index is 0.0266. The number of nitrogens with one attached hydrogen (secondary N) is 2. The number of thiophene rings is 1. The Morgan fingerprint density at radius 1 is 1.20 bits per heavy atom. The Hall–Kier alpha value is -2.75. The first-order valence-corrected chi connectivity index (χ1v) is 13.3. The highest BCUT2D eigenvalue weighted by Crippen LogP contribution is 2.37. The minimum atomic E-state index is -0.0266. The number of hydrogen-bond acceptors (Lipinski definition) is 7. The van der Waals surface area contributed by atoms with Gasteiger partial charge in [0.05, 0.1) is 16.1 Å². The van der Waals surface area contributed by atoms with Crippen LogP contribution in [0.5, 0.6) is 0 Å². The van der Waals surface area contributed by atoms with Crippen molar-refractivity contribution in [3.05, 3.63) is 41.0 Å². The van der Waals surface area contributed by atoms with Gasteiger partial charge in [-0.05, 0) is 44.0 Å². The number of carbonyl (C=O) groups is 2. The van der Waals surface area contributed by atoms with Crippen LogP contribution in [0.4, 0.5) is 5.95 Å². The number of nitrogens with zero attached hydrogens (tertiary/aromatic N) is 4. The van der Waals surface area contributed by atoms with Crippen molar-refractivity contribution in [2.45, 2.75) is 32.2 Å². The Kier molecular flexibility index (Phi) is 7.17. The minimum Gasteiger partial charge on any atom is -0.354 e. The molecule has 10 heteroatoms. The van der Waals surface area contributed by atoms with E-state index in [0.717, 1.165) is 73.5 Å². The molecule has 0 atom stereocenters. The number of anilines is 1. The Balaban J connectivity index is 1.22. The van der Waals surface area contributed by atoms with E-state index in [-0.39, 0.29) is 11.8 Å². The van der Waals surface area contributed by atoms with E-state index in [1.807, 2.05) is 29.2 Å². The maximum Gasteiger partial charge on any atom is 0.252 e. The van der Waals surface area contributed by atoms with Crippen LogP contribution in [0, 0.1) is 0 Å². The molecule has 0 spiro atoms. The summed E-state index contributed by atoms with van der Waals surface area (Å²) in [5.74, 6) is 0.662. The zero-order valence-electron chi connectivity index (χ0n) is 19.7. The molecule has 5 rings (SSSR count). The molecule has 35 heavy (non-hydrogen) atoms.